The van der Waals surface area contributed by atoms with E-state index in [1.165, 1.54) is 116 Å². The van der Waals surface area contributed by atoms with E-state index in [2.05, 4.69) is 43.5 Å². The highest BCUT2D eigenvalue weighted by Gasteiger charge is 2.27. The topological polar surface area (TPSA) is 105 Å². The van der Waals surface area contributed by atoms with Crippen LogP contribution in [0, 0.1) is 0 Å². The molecule has 330 valence electrons. The number of nitrogens with zero attached hydrogens (tertiary/aromatic N) is 1. The Labute approximate surface area is 347 Å². The maximum atomic E-state index is 12.8. The van der Waals surface area contributed by atoms with Crippen LogP contribution in [-0.4, -0.2) is 73.4 Å². The van der Waals surface area contributed by atoms with Gasteiger partial charge in [-0.15, -0.1) is 0 Å². The average Bonchev–Trinajstić information content (AvgIpc) is 3.15. The van der Waals surface area contributed by atoms with E-state index in [0.29, 0.717) is 17.4 Å². The molecule has 0 fully saturated rings. The molecule has 0 aromatic rings. The molecule has 9 heteroatoms. The van der Waals surface area contributed by atoms with Gasteiger partial charge in [-0.2, -0.15) is 0 Å². The average molecular weight is 812 g/mol. The highest BCUT2D eigenvalue weighted by atomic mass is 31.2. The number of unbranched alkanes of at least 4 members (excludes halogenated alkanes) is 25. The first-order chi connectivity index (χ1) is 27.0. The van der Waals surface area contributed by atoms with Crippen molar-refractivity contribution in [3.63, 3.8) is 0 Å². The number of nitrogens with one attached hydrogen (secondary N) is 1. The van der Waals surface area contributed by atoms with Gasteiger partial charge in [0.15, 0.2) is 0 Å². The first-order valence-corrected chi connectivity index (χ1v) is 24.9. The molecule has 0 aliphatic rings. The minimum Gasteiger partial charge on any atom is -0.387 e. The molecule has 0 aromatic heterocycles. The van der Waals surface area contributed by atoms with Gasteiger partial charge < -0.3 is 19.8 Å². The zero-order valence-corrected chi connectivity index (χ0v) is 38.3. The van der Waals surface area contributed by atoms with Crippen LogP contribution in [0.4, 0.5) is 0 Å². The SMILES string of the molecule is CCC/C=C\C/C=C\CCCCCCCC(=O)NC(COP(=O)(O)OCC[N+](C)(C)C)C(O)/C=C/CCCCCCCCCCCCCCCCCCCCC. The molecular weight excluding hydrogens is 719 g/mol. The highest BCUT2D eigenvalue weighted by Crippen LogP contribution is 2.43. The third-order valence-corrected chi connectivity index (χ3v) is 11.3. The van der Waals surface area contributed by atoms with Crippen LogP contribution in [-0.2, 0) is 18.4 Å². The fourth-order valence-corrected chi connectivity index (χ4v) is 7.34. The Morgan fingerprint density at radius 3 is 1.54 bits per heavy atom. The summed E-state index contributed by atoms with van der Waals surface area (Å²) in [4.78, 5) is 23.1. The fourth-order valence-electron chi connectivity index (χ4n) is 6.61. The van der Waals surface area contributed by atoms with E-state index in [-0.39, 0.29) is 19.1 Å². The Balaban J connectivity index is 4.35. The number of aliphatic hydroxyl groups is 1. The molecule has 1 amide bonds. The largest absolute Gasteiger partial charge is 0.472 e. The maximum absolute atomic E-state index is 12.8. The molecule has 0 bridgehead atoms. The van der Waals surface area contributed by atoms with Gasteiger partial charge in [-0.1, -0.05) is 192 Å². The highest BCUT2D eigenvalue weighted by molar-refractivity contribution is 7.47. The van der Waals surface area contributed by atoms with Crippen LogP contribution in [0.1, 0.15) is 206 Å². The van der Waals surface area contributed by atoms with Gasteiger partial charge in [-0.25, -0.2) is 4.57 Å². The Morgan fingerprint density at radius 2 is 1.05 bits per heavy atom. The molecule has 0 heterocycles. The Morgan fingerprint density at radius 1 is 0.607 bits per heavy atom. The summed E-state index contributed by atoms with van der Waals surface area (Å²) in [5, 5.41) is 13.8. The predicted molar refractivity (Wildman–Crippen MR) is 240 cm³/mol. The van der Waals surface area contributed by atoms with E-state index in [4.69, 9.17) is 9.05 Å². The van der Waals surface area contributed by atoms with Crippen molar-refractivity contribution in [2.24, 2.45) is 0 Å². The van der Waals surface area contributed by atoms with Crippen LogP contribution < -0.4 is 5.32 Å². The van der Waals surface area contributed by atoms with Crippen molar-refractivity contribution in [2.45, 2.75) is 219 Å². The second-order valence-corrected chi connectivity index (χ2v) is 18.6. The van der Waals surface area contributed by atoms with Gasteiger partial charge >= 0.3 is 7.82 Å². The summed E-state index contributed by atoms with van der Waals surface area (Å²) in [6.45, 7) is 4.74. The molecular formula is C47H92N2O6P+. The van der Waals surface area contributed by atoms with E-state index >= 15 is 0 Å². The Bertz CT molecular complexity index is 1010. The number of quaternary nitrogens is 1. The first-order valence-electron chi connectivity index (χ1n) is 23.4. The van der Waals surface area contributed by atoms with Crippen molar-refractivity contribution in [3.8, 4) is 0 Å². The lowest BCUT2D eigenvalue weighted by Gasteiger charge is -2.25. The number of allylic oxidation sites excluding steroid dienone is 5. The van der Waals surface area contributed by atoms with Gasteiger partial charge in [-0.05, 0) is 44.9 Å². The number of rotatable bonds is 42. The first kappa shape index (κ1) is 54.7. The third-order valence-electron chi connectivity index (χ3n) is 10.3. The van der Waals surface area contributed by atoms with Crippen LogP contribution >= 0.6 is 7.82 Å². The normalized spacial score (nSPS) is 14.6. The number of carbonyl (C=O) groups excluding carboxylic acids is 1. The Hall–Kier alpha value is -1.28. The standard InChI is InChI=1S/C47H91N2O6P/c1-6-8-10-12-14-16-18-20-21-22-23-24-25-26-27-29-30-32-34-36-38-40-46(50)45(44-55-56(52,53)54-43-42-49(3,4)5)48-47(51)41-39-37-35-33-31-28-19-17-15-13-11-9-7-2/h11,13,17,19,38,40,45-46,50H,6-10,12,14-16,18,20-37,39,41-44H2,1-5H3,(H-,48,51,52,53)/p+1/b13-11-,19-17-,40-38+. The number of phosphoric ester groups is 1. The summed E-state index contributed by atoms with van der Waals surface area (Å²) in [5.74, 6) is -0.192. The maximum Gasteiger partial charge on any atom is 0.472 e. The second kappa shape index (κ2) is 39.2. The molecule has 56 heavy (non-hydrogen) atoms. The molecule has 0 radical (unpaired) electrons. The summed E-state index contributed by atoms with van der Waals surface area (Å²) in [5.41, 5.74) is 0. The van der Waals surface area contributed by atoms with Crippen LogP contribution in [0.2, 0.25) is 0 Å². The smallest absolute Gasteiger partial charge is 0.387 e. The molecule has 0 saturated carbocycles. The number of amides is 1. The van der Waals surface area contributed by atoms with E-state index in [1.807, 2.05) is 27.2 Å². The molecule has 0 spiro atoms. The van der Waals surface area contributed by atoms with Gasteiger partial charge in [0.1, 0.15) is 13.2 Å². The van der Waals surface area contributed by atoms with Crippen LogP contribution in [0.15, 0.2) is 36.5 Å². The minimum atomic E-state index is -4.34. The fraction of sp³-hybridized carbons (Fsp3) is 0.851. The van der Waals surface area contributed by atoms with Crippen molar-refractivity contribution >= 4 is 13.7 Å². The molecule has 0 aliphatic heterocycles. The second-order valence-electron chi connectivity index (χ2n) is 17.1. The third kappa shape index (κ3) is 40.9. The lowest BCUT2D eigenvalue weighted by molar-refractivity contribution is -0.870. The minimum absolute atomic E-state index is 0.0584. The van der Waals surface area contributed by atoms with E-state index in [1.54, 1.807) is 6.08 Å². The lowest BCUT2D eigenvalue weighted by Crippen LogP contribution is -2.45. The number of hydrogen-bond donors (Lipinski definition) is 3. The van der Waals surface area contributed by atoms with E-state index < -0.39 is 20.0 Å². The van der Waals surface area contributed by atoms with Crippen LogP contribution in [0.3, 0.4) is 0 Å². The lowest BCUT2D eigenvalue weighted by atomic mass is 10.0. The number of phosphoric acid groups is 1. The monoisotopic (exact) mass is 812 g/mol. The molecule has 0 saturated heterocycles. The van der Waals surface area contributed by atoms with Crippen molar-refractivity contribution in [3.05, 3.63) is 36.5 Å². The van der Waals surface area contributed by atoms with Crippen molar-refractivity contribution in [1.82, 2.24) is 5.32 Å². The number of carbonyl (C=O) groups is 1. The van der Waals surface area contributed by atoms with Crippen LogP contribution in [0.5, 0.6) is 0 Å². The quantitative estimate of drug-likeness (QED) is 0.0245. The van der Waals surface area contributed by atoms with Crippen LogP contribution in [0.25, 0.3) is 0 Å². The van der Waals surface area contributed by atoms with Gasteiger partial charge in [0.2, 0.25) is 5.91 Å². The Kier molecular flexibility index (Phi) is 38.3. The molecule has 3 unspecified atom stereocenters. The van der Waals surface area contributed by atoms with Crippen molar-refractivity contribution in [2.75, 3.05) is 40.9 Å². The zero-order valence-electron chi connectivity index (χ0n) is 37.4. The summed E-state index contributed by atoms with van der Waals surface area (Å²) in [6.07, 6.45) is 47.9. The molecule has 0 aromatic carbocycles. The molecule has 0 aliphatic carbocycles. The number of aliphatic hydroxyl groups excluding tert-OH is 1. The summed E-state index contributed by atoms with van der Waals surface area (Å²) >= 11 is 0. The van der Waals surface area contributed by atoms with E-state index in [0.717, 1.165) is 70.6 Å². The molecule has 3 atom stereocenters. The molecule has 0 rings (SSSR count). The number of likely N-dealkylation sites (N-methyl/N-ethyl adjacent to an activating group) is 1. The van der Waals surface area contributed by atoms with Gasteiger partial charge in [0.05, 0.1) is 39.9 Å². The van der Waals surface area contributed by atoms with Gasteiger partial charge in [0.25, 0.3) is 0 Å². The molecule has 3 N–H and O–H groups in total. The predicted octanol–water partition coefficient (Wildman–Crippen LogP) is 13.1. The van der Waals surface area contributed by atoms with Gasteiger partial charge in [0, 0.05) is 6.42 Å². The molecule has 8 nitrogen and oxygen atoms in total. The van der Waals surface area contributed by atoms with Gasteiger partial charge in [-0.3, -0.25) is 13.8 Å². The summed E-state index contributed by atoms with van der Waals surface area (Å²) < 4.78 is 23.6. The van der Waals surface area contributed by atoms with Crippen molar-refractivity contribution in [1.29, 1.82) is 0 Å². The zero-order chi connectivity index (χ0) is 41.4. The number of hydrogen-bond acceptors (Lipinski definition) is 5. The summed E-state index contributed by atoms with van der Waals surface area (Å²) in [7, 11) is 1.56. The van der Waals surface area contributed by atoms with Crippen molar-refractivity contribution < 1.29 is 32.9 Å². The van der Waals surface area contributed by atoms with E-state index in [9.17, 15) is 19.4 Å². The summed E-state index contributed by atoms with van der Waals surface area (Å²) in [6, 6.07) is -0.852.